The highest BCUT2D eigenvalue weighted by molar-refractivity contribution is 6.30. The Hall–Kier alpha value is -1.38. The first-order valence-electron chi connectivity index (χ1n) is 6.87. The zero-order valence-electron chi connectivity index (χ0n) is 11.8. The van der Waals surface area contributed by atoms with Crippen LogP contribution in [-0.2, 0) is 6.54 Å². The summed E-state index contributed by atoms with van der Waals surface area (Å²) in [6, 6.07) is 10.6. The number of nitrogens with one attached hydrogen (secondary N) is 1. The monoisotopic (exact) mass is 291 g/mol. The Morgan fingerprint density at radius 2 is 1.90 bits per heavy atom. The molecule has 0 heterocycles. The van der Waals surface area contributed by atoms with Crippen molar-refractivity contribution < 1.29 is 4.39 Å². The highest BCUT2D eigenvalue weighted by Crippen LogP contribution is 2.30. The third-order valence-corrected chi connectivity index (χ3v) is 3.54. The van der Waals surface area contributed by atoms with Crippen molar-refractivity contribution in [2.45, 2.75) is 26.8 Å². The normalized spacial score (nSPS) is 10.8. The Kier molecular flexibility index (Phi) is 5.16. The van der Waals surface area contributed by atoms with Crippen LogP contribution in [0.4, 0.5) is 4.39 Å². The van der Waals surface area contributed by atoms with E-state index in [4.69, 9.17) is 11.6 Å². The van der Waals surface area contributed by atoms with Crippen LogP contribution in [0.1, 0.15) is 24.5 Å². The molecule has 0 bridgehead atoms. The molecule has 0 aliphatic heterocycles. The summed E-state index contributed by atoms with van der Waals surface area (Å²) in [5, 5.41) is 4.05. The molecule has 0 saturated heterocycles. The van der Waals surface area contributed by atoms with E-state index in [-0.39, 0.29) is 5.82 Å². The van der Waals surface area contributed by atoms with Crippen molar-refractivity contribution in [2.75, 3.05) is 6.54 Å². The molecule has 0 atom stereocenters. The van der Waals surface area contributed by atoms with E-state index in [1.165, 1.54) is 6.07 Å². The summed E-state index contributed by atoms with van der Waals surface area (Å²) in [5.74, 6) is -0.224. The van der Waals surface area contributed by atoms with Gasteiger partial charge in [-0.05, 0) is 66.4 Å². The zero-order chi connectivity index (χ0) is 14.5. The van der Waals surface area contributed by atoms with Crippen molar-refractivity contribution in [3.63, 3.8) is 0 Å². The maximum absolute atomic E-state index is 13.5. The van der Waals surface area contributed by atoms with Crippen LogP contribution in [0.5, 0.6) is 0 Å². The van der Waals surface area contributed by atoms with Gasteiger partial charge in [0.15, 0.2) is 0 Å². The van der Waals surface area contributed by atoms with Gasteiger partial charge in [0, 0.05) is 11.6 Å². The van der Waals surface area contributed by atoms with Gasteiger partial charge < -0.3 is 5.32 Å². The van der Waals surface area contributed by atoms with Crippen LogP contribution in [0.3, 0.4) is 0 Å². The number of halogens is 2. The lowest BCUT2D eigenvalue weighted by Crippen LogP contribution is -2.14. The first-order chi connectivity index (χ1) is 9.61. The fourth-order valence-electron chi connectivity index (χ4n) is 2.24. The molecule has 0 aliphatic carbocycles. The molecule has 2 rings (SSSR count). The summed E-state index contributed by atoms with van der Waals surface area (Å²) in [4.78, 5) is 0. The number of aryl methyl sites for hydroxylation is 1. The molecule has 0 aromatic heterocycles. The Morgan fingerprint density at radius 1 is 1.10 bits per heavy atom. The fraction of sp³-hybridized carbons (Fsp3) is 0.294. The molecule has 0 radical (unpaired) electrons. The van der Waals surface area contributed by atoms with Gasteiger partial charge in [-0.25, -0.2) is 4.39 Å². The summed E-state index contributed by atoms with van der Waals surface area (Å²) >= 11 is 6.11. The van der Waals surface area contributed by atoms with E-state index in [1.807, 2.05) is 25.1 Å². The largest absolute Gasteiger partial charge is 0.313 e. The first kappa shape index (κ1) is 15.0. The minimum absolute atomic E-state index is 0.224. The van der Waals surface area contributed by atoms with Gasteiger partial charge in [-0.1, -0.05) is 30.7 Å². The topological polar surface area (TPSA) is 12.0 Å². The van der Waals surface area contributed by atoms with Gasteiger partial charge >= 0.3 is 0 Å². The number of rotatable bonds is 5. The van der Waals surface area contributed by atoms with Crippen molar-refractivity contribution in [3.8, 4) is 11.1 Å². The molecule has 0 aliphatic rings. The maximum atomic E-state index is 13.5. The molecule has 0 fully saturated rings. The molecular formula is C17H19ClFN. The first-order valence-corrected chi connectivity index (χ1v) is 7.25. The van der Waals surface area contributed by atoms with E-state index in [1.54, 1.807) is 12.1 Å². The average molecular weight is 292 g/mol. The van der Waals surface area contributed by atoms with E-state index in [0.717, 1.165) is 41.8 Å². The van der Waals surface area contributed by atoms with Crippen LogP contribution in [-0.4, -0.2) is 6.54 Å². The lowest BCUT2D eigenvalue weighted by atomic mass is 9.96. The second kappa shape index (κ2) is 6.87. The van der Waals surface area contributed by atoms with Crippen LogP contribution in [0, 0.1) is 12.7 Å². The van der Waals surface area contributed by atoms with E-state index in [0.29, 0.717) is 5.02 Å². The summed E-state index contributed by atoms with van der Waals surface area (Å²) < 4.78 is 13.5. The van der Waals surface area contributed by atoms with Gasteiger partial charge in [-0.3, -0.25) is 0 Å². The predicted octanol–water partition coefficient (Wildman–Crippen LogP) is 4.95. The molecule has 2 aromatic carbocycles. The Labute approximate surface area is 124 Å². The van der Waals surface area contributed by atoms with Crippen molar-refractivity contribution in [1.29, 1.82) is 0 Å². The van der Waals surface area contributed by atoms with Crippen LogP contribution in [0.25, 0.3) is 11.1 Å². The van der Waals surface area contributed by atoms with E-state index >= 15 is 0 Å². The molecule has 0 amide bonds. The highest BCUT2D eigenvalue weighted by Gasteiger charge is 2.09. The minimum atomic E-state index is -0.224. The molecule has 2 aromatic rings. The van der Waals surface area contributed by atoms with Gasteiger partial charge in [0.2, 0.25) is 0 Å². The van der Waals surface area contributed by atoms with Crippen molar-refractivity contribution >= 4 is 11.6 Å². The van der Waals surface area contributed by atoms with Crippen LogP contribution in [0.15, 0.2) is 36.4 Å². The van der Waals surface area contributed by atoms with Crippen LogP contribution < -0.4 is 5.32 Å². The molecule has 3 heteroatoms. The predicted molar refractivity (Wildman–Crippen MR) is 83.6 cm³/mol. The van der Waals surface area contributed by atoms with Crippen LogP contribution >= 0.6 is 11.6 Å². The molecule has 0 saturated carbocycles. The SMILES string of the molecule is CCCNCc1ccc(Cl)cc1-c1cc(F)ccc1C. The average Bonchev–Trinajstić information content (AvgIpc) is 2.43. The summed E-state index contributed by atoms with van der Waals surface area (Å²) in [5.41, 5.74) is 4.08. The summed E-state index contributed by atoms with van der Waals surface area (Å²) in [6.45, 7) is 5.84. The van der Waals surface area contributed by atoms with E-state index in [9.17, 15) is 4.39 Å². The fourth-order valence-corrected chi connectivity index (χ4v) is 2.41. The number of benzene rings is 2. The Balaban J connectivity index is 2.42. The van der Waals surface area contributed by atoms with E-state index < -0.39 is 0 Å². The highest BCUT2D eigenvalue weighted by atomic mass is 35.5. The third kappa shape index (κ3) is 3.59. The summed E-state index contributed by atoms with van der Waals surface area (Å²) in [6.07, 6.45) is 1.09. The molecule has 106 valence electrons. The van der Waals surface area contributed by atoms with Crippen molar-refractivity contribution in [2.24, 2.45) is 0 Å². The second-order valence-electron chi connectivity index (χ2n) is 4.94. The minimum Gasteiger partial charge on any atom is -0.313 e. The molecule has 1 N–H and O–H groups in total. The quantitative estimate of drug-likeness (QED) is 0.768. The maximum Gasteiger partial charge on any atom is 0.123 e. The van der Waals surface area contributed by atoms with Gasteiger partial charge in [0.05, 0.1) is 0 Å². The van der Waals surface area contributed by atoms with Gasteiger partial charge in [0.25, 0.3) is 0 Å². The molecule has 0 spiro atoms. The lowest BCUT2D eigenvalue weighted by molar-refractivity contribution is 0.628. The molecule has 1 nitrogen and oxygen atoms in total. The van der Waals surface area contributed by atoms with Crippen molar-refractivity contribution in [3.05, 3.63) is 58.4 Å². The lowest BCUT2D eigenvalue weighted by Gasteiger charge is -2.13. The number of hydrogen-bond donors (Lipinski definition) is 1. The molecule has 20 heavy (non-hydrogen) atoms. The smallest absolute Gasteiger partial charge is 0.123 e. The van der Waals surface area contributed by atoms with E-state index in [2.05, 4.69) is 12.2 Å². The van der Waals surface area contributed by atoms with Crippen LogP contribution in [0.2, 0.25) is 5.02 Å². The zero-order valence-corrected chi connectivity index (χ0v) is 12.6. The van der Waals surface area contributed by atoms with Crippen molar-refractivity contribution in [1.82, 2.24) is 5.32 Å². The standard InChI is InChI=1S/C17H19ClFN/c1-3-8-20-11-13-5-6-14(18)9-17(13)16-10-15(19)7-4-12(16)2/h4-7,9-10,20H,3,8,11H2,1-2H3. The molecule has 0 unspecified atom stereocenters. The second-order valence-corrected chi connectivity index (χ2v) is 5.37. The summed E-state index contributed by atoms with van der Waals surface area (Å²) in [7, 11) is 0. The Bertz CT molecular complexity index is 596. The Morgan fingerprint density at radius 3 is 2.65 bits per heavy atom. The van der Waals surface area contributed by atoms with Gasteiger partial charge in [0.1, 0.15) is 5.82 Å². The molecular weight excluding hydrogens is 273 g/mol. The third-order valence-electron chi connectivity index (χ3n) is 3.30. The van der Waals surface area contributed by atoms with Gasteiger partial charge in [-0.2, -0.15) is 0 Å². The number of hydrogen-bond acceptors (Lipinski definition) is 1. The van der Waals surface area contributed by atoms with Gasteiger partial charge in [-0.15, -0.1) is 0 Å².